The van der Waals surface area contributed by atoms with Gasteiger partial charge in [0.2, 0.25) is 0 Å². The standard InChI is InChI=1S/C15H20O4S/c16-15(17)14(12-8-4-1-2-5-9-12)20(18,19)13-10-6-3-7-11-13/h3,6-7,10-12,14H,1-2,4-5,8-9H2,(H,16,17). The number of carboxylic acid groups (broad SMARTS) is 1. The quantitative estimate of drug-likeness (QED) is 0.867. The molecule has 4 nitrogen and oxygen atoms in total. The van der Waals surface area contributed by atoms with Crippen LogP contribution in [0.2, 0.25) is 0 Å². The van der Waals surface area contributed by atoms with E-state index < -0.39 is 21.1 Å². The minimum Gasteiger partial charge on any atom is -0.480 e. The second-order valence-electron chi connectivity index (χ2n) is 5.37. The minimum absolute atomic E-state index is 0.108. The highest BCUT2D eigenvalue weighted by atomic mass is 32.2. The Morgan fingerprint density at radius 1 is 1.05 bits per heavy atom. The Labute approximate surface area is 119 Å². The third-order valence-electron chi connectivity index (χ3n) is 3.98. The van der Waals surface area contributed by atoms with E-state index in [1.54, 1.807) is 18.2 Å². The topological polar surface area (TPSA) is 71.4 Å². The average Bonchev–Trinajstić information content (AvgIpc) is 2.68. The van der Waals surface area contributed by atoms with Crippen molar-refractivity contribution in [2.75, 3.05) is 0 Å². The van der Waals surface area contributed by atoms with E-state index >= 15 is 0 Å². The first-order valence-electron chi connectivity index (χ1n) is 7.05. The molecule has 110 valence electrons. The Bertz CT molecular complexity index is 542. The van der Waals surface area contributed by atoms with Gasteiger partial charge in [-0.25, -0.2) is 8.42 Å². The molecule has 1 unspecified atom stereocenters. The fraction of sp³-hybridized carbons (Fsp3) is 0.533. The van der Waals surface area contributed by atoms with Crippen LogP contribution < -0.4 is 0 Å². The van der Waals surface area contributed by atoms with Gasteiger partial charge in [-0.05, 0) is 30.9 Å². The molecule has 1 saturated carbocycles. The highest BCUT2D eigenvalue weighted by Gasteiger charge is 2.40. The lowest BCUT2D eigenvalue weighted by molar-refractivity contribution is -0.137. The highest BCUT2D eigenvalue weighted by Crippen LogP contribution is 2.32. The lowest BCUT2D eigenvalue weighted by atomic mass is 9.96. The summed E-state index contributed by atoms with van der Waals surface area (Å²) in [6, 6.07) is 7.92. The normalized spacial score (nSPS) is 19.2. The van der Waals surface area contributed by atoms with Crippen LogP contribution in [0.5, 0.6) is 0 Å². The predicted molar refractivity (Wildman–Crippen MR) is 76.2 cm³/mol. The predicted octanol–water partition coefficient (Wildman–Crippen LogP) is 2.88. The van der Waals surface area contributed by atoms with E-state index in [0.717, 1.165) is 25.7 Å². The van der Waals surface area contributed by atoms with E-state index in [0.29, 0.717) is 12.8 Å². The van der Waals surface area contributed by atoms with E-state index in [4.69, 9.17) is 0 Å². The van der Waals surface area contributed by atoms with Crippen molar-refractivity contribution in [1.82, 2.24) is 0 Å². The molecular weight excluding hydrogens is 276 g/mol. The van der Waals surface area contributed by atoms with Crippen LogP contribution in [0, 0.1) is 5.92 Å². The summed E-state index contributed by atoms with van der Waals surface area (Å²) in [5.41, 5.74) is 0. The molecule has 0 aliphatic heterocycles. The van der Waals surface area contributed by atoms with Crippen LogP contribution in [-0.2, 0) is 14.6 Å². The monoisotopic (exact) mass is 296 g/mol. The molecule has 2 rings (SSSR count). The summed E-state index contributed by atoms with van der Waals surface area (Å²) in [4.78, 5) is 11.7. The van der Waals surface area contributed by atoms with E-state index in [1.165, 1.54) is 12.1 Å². The zero-order chi connectivity index (χ0) is 14.6. The molecule has 1 aliphatic rings. The molecule has 1 N–H and O–H groups in total. The van der Waals surface area contributed by atoms with Gasteiger partial charge in [0.15, 0.2) is 15.1 Å². The van der Waals surface area contributed by atoms with Crippen LogP contribution in [0.4, 0.5) is 0 Å². The lowest BCUT2D eigenvalue weighted by Gasteiger charge is -2.22. The molecule has 0 radical (unpaired) electrons. The van der Waals surface area contributed by atoms with Gasteiger partial charge in [0.1, 0.15) is 0 Å². The van der Waals surface area contributed by atoms with Gasteiger partial charge in [-0.1, -0.05) is 43.9 Å². The minimum atomic E-state index is -3.82. The lowest BCUT2D eigenvalue weighted by Crippen LogP contribution is -2.37. The molecule has 1 atom stereocenters. The Kier molecular flexibility index (Phi) is 4.81. The van der Waals surface area contributed by atoms with Crippen molar-refractivity contribution in [1.29, 1.82) is 0 Å². The third-order valence-corrected chi connectivity index (χ3v) is 6.16. The molecule has 1 aliphatic carbocycles. The third kappa shape index (κ3) is 3.20. The van der Waals surface area contributed by atoms with Gasteiger partial charge in [-0.3, -0.25) is 4.79 Å². The summed E-state index contributed by atoms with van der Waals surface area (Å²) in [6.45, 7) is 0. The number of hydrogen-bond acceptors (Lipinski definition) is 3. The van der Waals surface area contributed by atoms with E-state index in [2.05, 4.69) is 0 Å². The van der Waals surface area contributed by atoms with Gasteiger partial charge < -0.3 is 5.11 Å². The second kappa shape index (κ2) is 6.39. The molecule has 0 bridgehead atoms. The molecule has 0 spiro atoms. The number of benzene rings is 1. The molecule has 20 heavy (non-hydrogen) atoms. The molecule has 0 saturated heterocycles. The maximum atomic E-state index is 12.6. The van der Waals surface area contributed by atoms with Crippen molar-refractivity contribution >= 4 is 15.8 Å². The maximum Gasteiger partial charge on any atom is 0.322 e. The van der Waals surface area contributed by atoms with Crippen LogP contribution in [0.25, 0.3) is 0 Å². The summed E-state index contributed by atoms with van der Waals surface area (Å²) in [5, 5.41) is 8.12. The number of sulfone groups is 1. The number of rotatable bonds is 4. The van der Waals surface area contributed by atoms with E-state index in [-0.39, 0.29) is 10.8 Å². The zero-order valence-electron chi connectivity index (χ0n) is 11.4. The van der Waals surface area contributed by atoms with Crippen LogP contribution in [0.1, 0.15) is 38.5 Å². The number of aliphatic carboxylic acids is 1. The van der Waals surface area contributed by atoms with E-state index in [1.807, 2.05) is 0 Å². The van der Waals surface area contributed by atoms with Crippen LogP contribution >= 0.6 is 0 Å². The first-order valence-corrected chi connectivity index (χ1v) is 8.60. The van der Waals surface area contributed by atoms with Crippen LogP contribution in [0.3, 0.4) is 0 Å². The molecule has 0 heterocycles. The number of carboxylic acids is 1. The van der Waals surface area contributed by atoms with Crippen molar-refractivity contribution in [2.24, 2.45) is 5.92 Å². The summed E-state index contributed by atoms with van der Waals surface area (Å²) in [5.74, 6) is -1.50. The van der Waals surface area contributed by atoms with Crippen molar-refractivity contribution in [3.63, 3.8) is 0 Å². The van der Waals surface area contributed by atoms with Gasteiger partial charge in [0, 0.05) is 0 Å². The molecular formula is C15H20O4S. The van der Waals surface area contributed by atoms with Crippen molar-refractivity contribution in [3.8, 4) is 0 Å². The molecule has 1 aromatic rings. The number of carbonyl (C=O) groups is 1. The maximum absolute atomic E-state index is 12.6. The molecule has 0 aromatic heterocycles. The summed E-state index contributed by atoms with van der Waals surface area (Å²) < 4.78 is 25.2. The van der Waals surface area contributed by atoms with Gasteiger partial charge in [0.25, 0.3) is 0 Å². The zero-order valence-corrected chi connectivity index (χ0v) is 12.2. The Balaban J connectivity index is 2.35. The Morgan fingerprint density at radius 2 is 1.60 bits per heavy atom. The smallest absolute Gasteiger partial charge is 0.322 e. The fourth-order valence-corrected chi connectivity index (χ4v) is 4.83. The van der Waals surface area contributed by atoms with Crippen molar-refractivity contribution in [2.45, 2.75) is 48.7 Å². The highest BCUT2D eigenvalue weighted by molar-refractivity contribution is 7.92. The number of hydrogen-bond donors (Lipinski definition) is 1. The first-order chi connectivity index (χ1) is 9.53. The van der Waals surface area contributed by atoms with Gasteiger partial charge in [-0.15, -0.1) is 0 Å². The molecule has 1 fully saturated rings. The Hall–Kier alpha value is -1.36. The Morgan fingerprint density at radius 3 is 2.10 bits per heavy atom. The van der Waals surface area contributed by atoms with Gasteiger partial charge >= 0.3 is 5.97 Å². The summed E-state index contributed by atoms with van der Waals surface area (Å²) in [6.07, 6.45) is 5.33. The van der Waals surface area contributed by atoms with E-state index in [9.17, 15) is 18.3 Å². The SMILES string of the molecule is O=C(O)C(C1CCCCCC1)S(=O)(=O)c1ccccc1. The average molecular weight is 296 g/mol. The molecule has 5 heteroatoms. The summed E-state index contributed by atoms with van der Waals surface area (Å²) in [7, 11) is -3.82. The van der Waals surface area contributed by atoms with Crippen LogP contribution in [-0.4, -0.2) is 24.7 Å². The van der Waals surface area contributed by atoms with Crippen molar-refractivity contribution in [3.05, 3.63) is 30.3 Å². The first kappa shape index (κ1) is 15.0. The molecule has 1 aromatic carbocycles. The van der Waals surface area contributed by atoms with Gasteiger partial charge in [-0.2, -0.15) is 0 Å². The van der Waals surface area contributed by atoms with Gasteiger partial charge in [0.05, 0.1) is 4.90 Å². The fourth-order valence-electron chi connectivity index (χ4n) is 2.96. The van der Waals surface area contributed by atoms with Crippen LogP contribution in [0.15, 0.2) is 35.2 Å². The largest absolute Gasteiger partial charge is 0.480 e. The molecule has 0 amide bonds. The summed E-state index contributed by atoms with van der Waals surface area (Å²) >= 11 is 0. The second-order valence-corrected chi connectivity index (χ2v) is 7.44. The van der Waals surface area contributed by atoms with Crippen molar-refractivity contribution < 1.29 is 18.3 Å².